The number of para-hydroxylation sites is 2. The van der Waals surface area contributed by atoms with Gasteiger partial charge in [-0.25, -0.2) is 4.39 Å². The van der Waals surface area contributed by atoms with E-state index in [0.29, 0.717) is 5.56 Å². The topological polar surface area (TPSA) is 44.8 Å². The minimum atomic E-state index is -0.295. The quantitative estimate of drug-likeness (QED) is 0.848. The summed E-state index contributed by atoms with van der Waals surface area (Å²) < 4.78 is 19.1. The molecule has 1 N–H and O–H groups in total. The van der Waals surface area contributed by atoms with E-state index in [4.69, 9.17) is 4.74 Å². The van der Waals surface area contributed by atoms with E-state index >= 15 is 0 Å². The SMILES string of the molecule is COc1ccccc1N1CCN([C@H](C)C(=O)NCc2ccccc2F)CC1. The van der Waals surface area contributed by atoms with E-state index in [0.717, 1.165) is 37.6 Å². The molecule has 1 aliphatic rings. The maximum atomic E-state index is 13.7. The van der Waals surface area contributed by atoms with Crippen LogP contribution in [0, 0.1) is 5.82 Å². The Morgan fingerprint density at radius 2 is 1.78 bits per heavy atom. The molecule has 1 fully saturated rings. The lowest BCUT2D eigenvalue weighted by Gasteiger charge is -2.38. The van der Waals surface area contributed by atoms with Gasteiger partial charge in [0.1, 0.15) is 11.6 Å². The molecule has 5 nitrogen and oxygen atoms in total. The molecule has 0 spiro atoms. The fourth-order valence-electron chi connectivity index (χ4n) is 3.38. The first-order chi connectivity index (χ1) is 13.1. The Kier molecular flexibility index (Phi) is 6.29. The standard InChI is InChI=1S/C21H26FN3O2/c1-16(21(26)23-15-17-7-3-4-8-18(17)22)24-11-13-25(14-12-24)19-9-5-6-10-20(19)27-2/h3-10,16H,11-15H2,1-2H3,(H,23,26)/t16-/m1/s1. The van der Waals surface area contributed by atoms with Gasteiger partial charge in [-0.3, -0.25) is 9.69 Å². The smallest absolute Gasteiger partial charge is 0.237 e. The molecule has 6 heteroatoms. The van der Waals surface area contributed by atoms with Gasteiger partial charge in [0.05, 0.1) is 18.8 Å². The van der Waals surface area contributed by atoms with Gasteiger partial charge >= 0.3 is 0 Å². The van der Waals surface area contributed by atoms with Gasteiger partial charge in [0.25, 0.3) is 0 Å². The Morgan fingerprint density at radius 1 is 1.11 bits per heavy atom. The van der Waals surface area contributed by atoms with Crippen LogP contribution in [0.1, 0.15) is 12.5 Å². The molecule has 3 rings (SSSR count). The van der Waals surface area contributed by atoms with Gasteiger partial charge in [-0.1, -0.05) is 30.3 Å². The van der Waals surface area contributed by atoms with E-state index in [2.05, 4.69) is 21.2 Å². The van der Waals surface area contributed by atoms with Gasteiger partial charge in [-0.15, -0.1) is 0 Å². The summed E-state index contributed by atoms with van der Waals surface area (Å²) in [4.78, 5) is 16.9. The molecule has 2 aromatic carbocycles. The second-order valence-electron chi connectivity index (χ2n) is 6.68. The van der Waals surface area contributed by atoms with E-state index in [1.165, 1.54) is 6.07 Å². The molecule has 144 valence electrons. The minimum absolute atomic E-state index is 0.0796. The molecule has 1 atom stereocenters. The molecule has 0 aromatic heterocycles. The first-order valence-corrected chi connectivity index (χ1v) is 9.23. The van der Waals surface area contributed by atoms with Crippen molar-refractivity contribution in [1.29, 1.82) is 0 Å². The molecule has 1 aliphatic heterocycles. The number of anilines is 1. The Bertz CT molecular complexity index is 776. The van der Waals surface area contributed by atoms with Crippen LogP contribution in [0.25, 0.3) is 0 Å². The number of carbonyl (C=O) groups excluding carboxylic acids is 1. The number of rotatable bonds is 6. The molecular weight excluding hydrogens is 345 g/mol. The van der Waals surface area contributed by atoms with Crippen LogP contribution in [0.2, 0.25) is 0 Å². The minimum Gasteiger partial charge on any atom is -0.495 e. The molecule has 0 aliphatic carbocycles. The van der Waals surface area contributed by atoms with Gasteiger partial charge in [-0.2, -0.15) is 0 Å². The Labute approximate surface area is 159 Å². The first-order valence-electron chi connectivity index (χ1n) is 9.23. The average Bonchev–Trinajstić information content (AvgIpc) is 2.72. The Morgan fingerprint density at radius 3 is 2.48 bits per heavy atom. The molecular formula is C21H26FN3O2. The molecule has 1 heterocycles. The Hall–Kier alpha value is -2.60. The summed E-state index contributed by atoms with van der Waals surface area (Å²) in [7, 11) is 1.68. The van der Waals surface area contributed by atoms with Crippen LogP contribution in [0.5, 0.6) is 5.75 Å². The first kappa shape index (κ1) is 19.2. The predicted octanol–water partition coefficient (Wildman–Crippen LogP) is 2.66. The maximum Gasteiger partial charge on any atom is 0.237 e. The fourth-order valence-corrected chi connectivity index (χ4v) is 3.38. The van der Waals surface area contributed by atoms with E-state index < -0.39 is 0 Å². The van der Waals surface area contributed by atoms with Crippen molar-refractivity contribution in [1.82, 2.24) is 10.2 Å². The summed E-state index contributed by atoms with van der Waals surface area (Å²) in [6.45, 7) is 5.32. The van der Waals surface area contributed by atoms with Gasteiger partial charge in [-0.05, 0) is 25.1 Å². The Balaban J connectivity index is 1.52. The molecule has 0 unspecified atom stereocenters. The van der Waals surface area contributed by atoms with Crippen LogP contribution in [-0.4, -0.2) is 50.1 Å². The summed E-state index contributed by atoms with van der Waals surface area (Å²) in [6, 6.07) is 14.2. The number of ether oxygens (including phenoxy) is 1. The van der Waals surface area contributed by atoms with Crippen molar-refractivity contribution in [3.8, 4) is 5.75 Å². The van der Waals surface area contributed by atoms with Crippen molar-refractivity contribution < 1.29 is 13.9 Å². The van der Waals surface area contributed by atoms with Crippen molar-refractivity contribution in [2.45, 2.75) is 19.5 Å². The van der Waals surface area contributed by atoms with Crippen LogP contribution in [0.3, 0.4) is 0 Å². The molecule has 0 bridgehead atoms. The summed E-state index contributed by atoms with van der Waals surface area (Å²) >= 11 is 0. The maximum absolute atomic E-state index is 13.7. The molecule has 27 heavy (non-hydrogen) atoms. The normalized spacial score (nSPS) is 16.0. The lowest BCUT2D eigenvalue weighted by Crippen LogP contribution is -2.54. The highest BCUT2D eigenvalue weighted by molar-refractivity contribution is 5.81. The van der Waals surface area contributed by atoms with Gasteiger partial charge in [0.2, 0.25) is 5.91 Å². The van der Waals surface area contributed by atoms with E-state index in [1.54, 1.807) is 25.3 Å². The number of hydrogen-bond donors (Lipinski definition) is 1. The third kappa shape index (κ3) is 4.57. The number of nitrogens with one attached hydrogen (secondary N) is 1. The molecule has 0 saturated carbocycles. The van der Waals surface area contributed by atoms with Crippen LogP contribution < -0.4 is 15.0 Å². The highest BCUT2D eigenvalue weighted by Gasteiger charge is 2.26. The van der Waals surface area contributed by atoms with Crippen LogP contribution >= 0.6 is 0 Å². The number of carbonyl (C=O) groups is 1. The monoisotopic (exact) mass is 371 g/mol. The number of methoxy groups -OCH3 is 1. The third-order valence-corrected chi connectivity index (χ3v) is 5.08. The lowest BCUT2D eigenvalue weighted by atomic mass is 10.1. The number of nitrogens with zero attached hydrogens (tertiary/aromatic N) is 2. The summed E-state index contributed by atoms with van der Waals surface area (Å²) in [6.07, 6.45) is 0. The van der Waals surface area contributed by atoms with E-state index in [9.17, 15) is 9.18 Å². The number of hydrogen-bond acceptors (Lipinski definition) is 4. The van der Waals surface area contributed by atoms with E-state index in [-0.39, 0.29) is 24.3 Å². The number of amides is 1. The predicted molar refractivity (Wildman–Crippen MR) is 104 cm³/mol. The fraction of sp³-hybridized carbons (Fsp3) is 0.381. The third-order valence-electron chi connectivity index (χ3n) is 5.08. The second kappa shape index (κ2) is 8.86. The van der Waals surface area contributed by atoms with Gasteiger partial charge in [0, 0.05) is 38.3 Å². The van der Waals surface area contributed by atoms with Crippen LogP contribution in [0.4, 0.5) is 10.1 Å². The molecule has 0 radical (unpaired) electrons. The zero-order valence-electron chi connectivity index (χ0n) is 15.8. The lowest BCUT2D eigenvalue weighted by molar-refractivity contribution is -0.126. The van der Waals surface area contributed by atoms with Gasteiger partial charge < -0.3 is 15.0 Å². The molecule has 2 aromatic rings. The van der Waals surface area contributed by atoms with Crippen molar-refractivity contribution in [2.75, 3.05) is 38.2 Å². The van der Waals surface area contributed by atoms with E-state index in [1.807, 2.05) is 25.1 Å². The zero-order chi connectivity index (χ0) is 19.2. The van der Waals surface area contributed by atoms with Crippen molar-refractivity contribution in [3.63, 3.8) is 0 Å². The number of benzene rings is 2. The van der Waals surface area contributed by atoms with Crippen molar-refractivity contribution >= 4 is 11.6 Å². The number of halogens is 1. The highest BCUT2D eigenvalue weighted by atomic mass is 19.1. The zero-order valence-corrected chi connectivity index (χ0v) is 15.8. The number of piperazine rings is 1. The summed E-state index contributed by atoms with van der Waals surface area (Å²) in [5.41, 5.74) is 1.58. The molecule has 1 amide bonds. The van der Waals surface area contributed by atoms with Crippen LogP contribution in [-0.2, 0) is 11.3 Å². The average molecular weight is 371 g/mol. The molecule has 1 saturated heterocycles. The van der Waals surface area contributed by atoms with Crippen molar-refractivity contribution in [3.05, 3.63) is 59.9 Å². The highest BCUT2D eigenvalue weighted by Crippen LogP contribution is 2.28. The van der Waals surface area contributed by atoms with Crippen LogP contribution in [0.15, 0.2) is 48.5 Å². The summed E-state index contributed by atoms with van der Waals surface area (Å²) in [5.74, 6) is 0.487. The largest absolute Gasteiger partial charge is 0.495 e. The summed E-state index contributed by atoms with van der Waals surface area (Å²) in [5, 5.41) is 2.84. The van der Waals surface area contributed by atoms with Crippen molar-refractivity contribution in [2.24, 2.45) is 0 Å². The van der Waals surface area contributed by atoms with Gasteiger partial charge in [0.15, 0.2) is 0 Å². The second-order valence-corrected chi connectivity index (χ2v) is 6.68.